The van der Waals surface area contributed by atoms with E-state index in [1.54, 1.807) is 25.1 Å². The summed E-state index contributed by atoms with van der Waals surface area (Å²) in [6, 6.07) is 5.64. The van der Waals surface area contributed by atoms with Crippen LogP contribution in [0.1, 0.15) is 6.92 Å². The van der Waals surface area contributed by atoms with Gasteiger partial charge in [-0.1, -0.05) is 18.1 Å². The summed E-state index contributed by atoms with van der Waals surface area (Å²) < 4.78 is 13.2. The molecule has 0 saturated heterocycles. The second kappa shape index (κ2) is 5.76. The Bertz CT molecular complexity index is 412. The van der Waals surface area contributed by atoms with Crippen molar-refractivity contribution in [2.45, 2.75) is 13.0 Å². The summed E-state index contributed by atoms with van der Waals surface area (Å²) in [6.07, 6.45) is 5.01. The number of rotatable bonds is 4. The van der Waals surface area contributed by atoms with Crippen LogP contribution in [0, 0.1) is 18.2 Å². The number of halogens is 1. The molecule has 84 valence electrons. The standard InChI is InChI=1S/C12H13FN2O/c1-3-8-14-12(16)9(2)15-11-7-5-4-6-10(11)13/h1,4-7,9,15H,8H2,2H3,(H,14,16). The van der Waals surface area contributed by atoms with Crippen LogP contribution in [0.2, 0.25) is 0 Å². The molecule has 1 aromatic carbocycles. The molecule has 1 amide bonds. The summed E-state index contributed by atoms with van der Waals surface area (Å²) in [5.74, 6) is 1.64. The second-order valence-electron chi connectivity index (χ2n) is 3.27. The average molecular weight is 220 g/mol. The van der Waals surface area contributed by atoms with Gasteiger partial charge in [0.1, 0.15) is 11.9 Å². The molecule has 3 nitrogen and oxygen atoms in total. The number of benzene rings is 1. The van der Waals surface area contributed by atoms with Crippen molar-refractivity contribution in [3.05, 3.63) is 30.1 Å². The van der Waals surface area contributed by atoms with Gasteiger partial charge >= 0.3 is 0 Å². The number of carbonyl (C=O) groups is 1. The Morgan fingerprint density at radius 1 is 1.56 bits per heavy atom. The molecule has 1 unspecified atom stereocenters. The first-order valence-corrected chi connectivity index (χ1v) is 4.87. The first kappa shape index (κ1) is 12.1. The van der Waals surface area contributed by atoms with Crippen molar-refractivity contribution in [1.29, 1.82) is 0 Å². The monoisotopic (exact) mass is 220 g/mol. The zero-order chi connectivity index (χ0) is 12.0. The van der Waals surface area contributed by atoms with Gasteiger partial charge in [-0.3, -0.25) is 4.79 Å². The van der Waals surface area contributed by atoms with Gasteiger partial charge in [0.2, 0.25) is 5.91 Å². The van der Waals surface area contributed by atoms with Gasteiger partial charge < -0.3 is 10.6 Å². The molecule has 0 aliphatic rings. The third-order valence-corrected chi connectivity index (χ3v) is 2.00. The fourth-order valence-electron chi connectivity index (χ4n) is 1.17. The highest BCUT2D eigenvalue weighted by Gasteiger charge is 2.12. The van der Waals surface area contributed by atoms with E-state index in [0.717, 1.165) is 0 Å². The van der Waals surface area contributed by atoms with Crippen LogP contribution < -0.4 is 10.6 Å². The molecule has 0 radical (unpaired) electrons. The van der Waals surface area contributed by atoms with Crippen LogP contribution in [0.3, 0.4) is 0 Å². The minimum absolute atomic E-state index is 0.169. The predicted molar refractivity (Wildman–Crippen MR) is 61.3 cm³/mol. The lowest BCUT2D eigenvalue weighted by molar-refractivity contribution is -0.121. The molecule has 0 spiro atoms. The Hall–Kier alpha value is -2.02. The number of anilines is 1. The first-order valence-electron chi connectivity index (χ1n) is 4.87. The number of nitrogens with one attached hydrogen (secondary N) is 2. The van der Waals surface area contributed by atoms with Gasteiger partial charge in [-0.15, -0.1) is 6.42 Å². The Morgan fingerprint density at radius 3 is 2.88 bits per heavy atom. The second-order valence-corrected chi connectivity index (χ2v) is 3.27. The topological polar surface area (TPSA) is 41.1 Å². The predicted octanol–water partition coefficient (Wildman–Crippen LogP) is 1.38. The highest BCUT2D eigenvalue weighted by molar-refractivity contribution is 5.84. The van der Waals surface area contributed by atoms with E-state index < -0.39 is 6.04 Å². The van der Waals surface area contributed by atoms with Gasteiger partial charge in [0.05, 0.1) is 12.2 Å². The zero-order valence-corrected chi connectivity index (χ0v) is 8.96. The van der Waals surface area contributed by atoms with E-state index in [1.165, 1.54) is 6.07 Å². The Labute approximate surface area is 94.0 Å². The van der Waals surface area contributed by atoms with E-state index in [4.69, 9.17) is 6.42 Å². The molecular weight excluding hydrogens is 207 g/mol. The first-order chi connectivity index (χ1) is 7.65. The largest absolute Gasteiger partial charge is 0.372 e. The minimum atomic E-state index is -0.537. The minimum Gasteiger partial charge on any atom is -0.372 e. The molecule has 1 atom stereocenters. The maximum Gasteiger partial charge on any atom is 0.242 e. The van der Waals surface area contributed by atoms with E-state index in [2.05, 4.69) is 16.6 Å². The molecule has 0 aliphatic carbocycles. The maximum atomic E-state index is 13.2. The highest BCUT2D eigenvalue weighted by Crippen LogP contribution is 2.13. The van der Waals surface area contributed by atoms with Gasteiger partial charge in [0.15, 0.2) is 0 Å². The van der Waals surface area contributed by atoms with Crippen molar-refractivity contribution >= 4 is 11.6 Å². The number of hydrogen-bond acceptors (Lipinski definition) is 2. The van der Waals surface area contributed by atoms with Crippen molar-refractivity contribution in [1.82, 2.24) is 5.32 Å². The van der Waals surface area contributed by atoms with Crippen molar-refractivity contribution in [3.63, 3.8) is 0 Å². The van der Waals surface area contributed by atoms with Gasteiger partial charge in [-0.05, 0) is 19.1 Å². The van der Waals surface area contributed by atoms with Gasteiger partial charge in [-0.25, -0.2) is 4.39 Å². The Kier molecular flexibility index (Phi) is 4.34. The van der Waals surface area contributed by atoms with E-state index in [-0.39, 0.29) is 18.3 Å². The van der Waals surface area contributed by atoms with Crippen LogP contribution in [0.5, 0.6) is 0 Å². The molecule has 0 aliphatic heterocycles. The van der Waals surface area contributed by atoms with Crippen LogP contribution in [-0.4, -0.2) is 18.5 Å². The number of terminal acetylenes is 1. The molecule has 0 heterocycles. The summed E-state index contributed by atoms with van der Waals surface area (Å²) in [4.78, 5) is 11.4. The van der Waals surface area contributed by atoms with Gasteiger partial charge in [0, 0.05) is 0 Å². The van der Waals surface area contributed by atoms with E-state index in [9.17, 15) is 9.18 Å². The summed E-state index contributed by atoms with van der Waals surface area (Å²) in [5, 5.41) is 5.27. The Morgan fingerprint density at radius 2 is 2.25 bits per heavy atom. The van der Waals surface area contributed by atoms with Crippen LogP contribution in [-0.2, 0) is 4.79 Å². The summed E-state index contributed by atoms with van der Waals surface area (Å²) in [5.41, 5.74) is 0.297. The molecule has 0 fully saturated rings. The molecule has 2 N–H and O–H groups in total. The summed E-state index contributed by atoms with van der Waals surface area (Å²) in [6.45, 7) is 1.81. The normalized spacial score (nSPS) is 11.3. The average Bonchev–Trinajstić information content (AvgIpc) is 2.28. The quantitative estimate of drug-likeness (QED) is 0.752. The molecule has 0 saturated carbocycles. The molecule has 4 heteroatoms. The van der Waals surface area contributed by atoms with Crippen molar-refractivity contribution in [3.8, 4) is 12.3 Å². The van der Waals surface area contributed by atoms with E-state index in [0.29, 0.717) is 5.69 Å². The molecule has 1 aromatic rings. The zero-order valence-electron chi connectivity index (χ0n) is 8.96. The lowest BCUT2D eigenvalue weighted by atomic mass is 10.2. The fraction of sp³-hybridized carbons (Fsp3) is 0.250. The van der Waals surface area contributed by atoms with Gasteiger partial charge in [0.25, 0.3) is 0 Å². The van der Waals surface area contributed by atoms with E-state index >= 15 is 0 Å². The highest BCUT2D eigenvalue weighted by atomic mass is 19.1. The van der Waals surface area contributed by atoms with Crippen molar-refractivity contribution < 1.29 is 9.18 Å². The SMILES string of the molecule is C#CCNC(=O)C(C)Nc1ccccc1F. The van der Waals surface area contributed by atoms with Crippen LogP contribution in [0.4, 0.5) is 10.1 Å². The smallest absolute Gasteiger partial charge is 0.242 e. The van der Waals surface area contributed by atoms with E-state index in [1.807, 2.05) is 0 Å². The molecule has 0 bridgehead atoms. The number of carbonyl (C=O) groups excluding carboxylic acids is 1. The lowest BCUT2D eigenvalue weighted by Gasteiger charge is -2.14. The summed E-state index contributed by atoms with van der Waals surface area (Å²) >= 11 is 0. The van der Waals surface area contributed by atoms with Crippen molar-refractivity contribution in [2.75, 3.05) is 11.9 Å². The van der Waals surface area contributed by atoms with Crippen molar-refractivity contribution in [2.24, 2.45) is 0 Å². The third-order valence-electron chi connectivity index (χ3n) is 2.00. The molecule has 1 rings (SSSR count). The fourth-order valence-corrected chi connectivity index (χ4v) is 1.17. The van der Waals surface area contributed by atoms with Crippen LogP contribution in [0.15, 0.2) is 24.3 Å². The summed E-state index contributed by atoms with van der Waals surface area (Å²) in [7, 11) is 0. The lowest BCUT2D eigenvalue weighted by Crippen LogP contribution is -2.37. The molecular formula is C12H13FN2O. The van der Waals surface area contributed by atoms with Crippen LogP contribution in [0.25, 0.3) is 0 Å². The Balaban J connectivity index is 2.58. The molecule has 16 heavy (non-hydrogen) atoms. The molecule has 0 aromatic heterocycles. The van der Waals surface area contributed by atoms with Gasteiger partial charge in [-0.2, -0.15) is 0 Å². The number of hydrogen-bond donors (Lipinski definition) is 2. The third kappa shape index (κ3) is 3.28. The maximum absolute atomic E-state index is 13.2. The number of para-hydroxylation sites is 1. The van der Waals surface area contributed by atoms with Crippen LogP contribution >= 0.6 is 0 Å². The number of amides is 1.